The molecule has 6 heteroatoms. The zero-order chi connectivity index (χ0) is 20.4. The van der Waals surface area contributed by atoms with Gasteiger partial charge in [-0.1, -0.05) is 36.4 Å². The van der Waals surface area contributed by atoms with Crippen LogP contribution in [0, 0.1) is 0 Å². The predicted molar refractivity (Wildman–Crippen MR) is 107 cm³/mol. The molecule has 2 aromatic carbocycles. The highest BCUT2D eigenvalue weighted by Gasteiger charge is 2.13. The molecule has 1 atom stereocenters. The molecule has 0 aliphatic heterocycles. The van der Waals surface area contributed by atoms with Crippen LogP contribution in [-0.4, -0.2) is 38.7 Å². The van der Waals surface area contributed by atoms with Gasteiger partial charge in [0.25, 0.3) is 5.91 Å². The van der Waals surface area contributed by atoms with E-state index in [9.17, 15) is 9.59 Å². The molecule has 6 nitrogen and oxygen atoms in total. The number of hydrogen-bond donors (Lipinski definition) is 1. The van der Waals surface area contributed by atoms with Crippen molar-refractivity contribution in [2.45, 2.75) is 32.2 Å². The standard InChI is InChI=1S/C22H27NO5/c1-16(9-10-17-7-5-4-6-8-17)23-21(24)15-28-22(25)14-18-11-12-19(26-2)20(13-18)27-3/h4-8,11-13,16H,9-10,14-15H2,1-3H3,(H,23,24)/t16-/m1/s1. The summed E-state index contributed by atoms with van der Waals surface area (Å²) in [5.74, 6) is 0.349. The van der Waals surface area contributed by atoms with E-state index in [2.05, 4.69) is 17.4 Å². The number of amides is 1. The van der Waals surface area contributed by atoms with Gasteiger partial charge >= 0.3 is 5.97 Å². The second kappa shape index (κ2) is 11.0. The molecule has 28 heavy (non-hydrogen) atoms. The normalized spacial score (nSPS) is 11.4. The maximum Gasteiger partial charge on any atom is 0.310 e. The molecule has 1 amide bonds. The largest absolute Gasteiger partial charge is 0.493 e. The number of hydrogen-bond acceptors (Lipinski definition) is 5. The lowest BCUT2D eigenvalue weighted by molar-refractivity contribution is -0.148. The van der Waals surface area contributed by atoms with Gasteiger partial charge in [0.15, 0.2) is 18.1 Å². The minimum Gasteiger partial charge on any atom is -0.493 e. The maximum absolute atomic E-state index is 12.0. The fourth-order valence-electron chi connectivity index (χ4n) is 2.77. The molecule has 0 unspecified atom stereocenters. The van der Waals surface area contributed by atoms with Crippen LogP contribution >= 0.6 is 0 Å². The summed E-state index contributed by atoms with van der Waals surface area (Å²) in [6.07, 6.45) is 1.74. The smallest absolute Gasteiger partial charge is 0.310 e. The summed E-state index contributed by atoms with van der Waals surface area (Å²) in [6.45, 7) is 1.65. The van der Waals surface area contributed by atoms with Crippen molar-refractivity contribution < 1.29 is 23.8 Å². The molecule has 1 N–H and O–H groups in total. The van der Waals surface area contributed by atoms with Crippen LogP contribution < -0.4 is 14.8 Å². The molecular formula is C22H27NO5. The summed E-state index contributed by atoms with van der Waals surface area (Å²) < 4.78 is 15.5. The van der Waals surface area contributed by atoms with Crippen LogP contribution in [0.15, 0.2) is 48.5 Å². The van der Waals surface area contributed by atoms with Gasteiger partial charge in [-0.15, -0.1) is 0 Å². The monoisotopic (exact) mass is 385 g/mol. The number of methoxy groups -OCH3 is 2. The van der Waals surface area contributed by atoms with E-state index >= 15 is 0 Å². The van der Waals surface area contributed by atoms with Gasteiger partial charge in [-0.2, -0.15) is 0 Å². The minimum atomic E-state index is -0.473. The van der Waals surface area contributed by atoms with Crippen LogP contribution in [0.5, 0.6) is 11.5 Å². The first-order chi connectivity index (χ1) is 13.5. The molecule has 2 rings (SSSR count). The van der Waals surface area contributed by atoms with Crippen molar-refractivity contribution in [3.63, 3.8) is 0 Å². The average Bonchev–Trinajstić information content (AvgIpc) is 2.71. The number of carbonyl (C=O) groups is 2. The topological polar surface area (TPSA) is 73.9 Å². The predicted octanol–water partition coefficient (Wildman–Crippen LogP) is 2.93. The molecule has 0 aliphatic carbocycles. The Morgan fingerprint density at radius 2 is 1.68 bits per heavy atom. The SMILES string of the molecule is COc1ccc(CC(=O)OCC(=O)N[C@H](C)CCc2ccccc2)cc1OC. The molecule has 2 aromatic rings. The molecule has 150 valence electrons. The number of ether oxygens (including phenoxy) is 3. The molecule has 0 heterocycles. The summed E-state index contributed by atoms with van der Waals surface area (Å²) in [6, 6.07) is 15.3. The lowest BCUT2D eigenvalue weighted by atomic mass is 10.1. The number of nitrogens with one attached hydrogen (secondary N) is 1. The van der Waals surface area contributed by atoms with Gasteiger partial charge in [0.2, 0.25) is 0 Å². The number of rotatable bonds is 10. The van der Waals surface area contributed by atoms with E-state index in [1.807, 2.05) is 25.1 Å². The third-order valence-electron chi connectivity index (χ3n) is 4.28. The van der Waals surface area contributed by atoms with Crippen molar-refractivity contribution in [3.8, 4) is 11.5 Å². The van der Waals surface area contributed by atoms with Crippen molar-refractivity contribution in [2.75, 3.05) is 20.8 Å². The number of benzene rings is 2. The second-order valence-electron chi connectivity index (χ2n) is 6.52. The van der Waals surface area contributed by atoms with Crippen LogP contribution in [0.4, 0.5) is 0 Å². The van der Waals surface area contributed by atoms with Crippen molar-refractivity contribution in [1.82, 2.24) is 5.32 Å². The highest BCUT2D eigenvalue weighted by Crippen LogP contribution is 2.27. The van der Waals surface area contributed by atoms with Gasteiger partial charge in [-0.25, -0.2) is 0 Å². The highest BCUT2D eigenvalue weighted by atomic mass is 16.5. The van der Waals surface area contributed by atoms with Crippen molar-refractivity contribution >= 4 is 11.9 Å². The van der Waals surface area contributed by atoms with Crippen molar-refractivity contribution in [3.05, 3.63) is 59.7 Å². The number of esters is 1. The number of carbonyl (C=O) groups excluding carboxylic acids is 2. The Morgan fingerprint density at radius 1 is 0.964 bits per heavy atom. The van der Waals surface area contributed by atoms with Gasteiger partial charge in [-0.05, 0) is 43.0 Å². The third-order valence-corrected chi connectivity index (χ3v) is 4.28. The Bertz CT molecular complexity index is 776. The molecule has 0 bridgehead atoms. The van der Waals surface area contributed by atoms with E-state index < -0.39 is 5.97 Å². The molecular weight excluding hydrogens is 358 g/mol. The van der Waals surface area contributed by atoms with E-state index in [0.29, 0.717) is 11.5 Å². The third kappa shape index (κ3) is 6.95. The maximum atomic E-state index is 12.0. The van der Waals surface area contributed by atoms with Crippen molar-refractivity contribution in [2.24, 2.45) is 0 Å². The molecule has 0 aromatic heterocycles. The molecule has 0 aliphatic rings. The number of aryl methyl sites for hydroxylation is 1. The zero-order valence-corrected chi connectivity index (χ0v) is 16.6. The Kier molecular flexibility index (Phi) is 8.34. The van der Waals surface area contributed by atoms with Gasteiger partial charge in [0.1, 0.15) is 0 Å². The lowest BCUT2D eigenvalue weighted by Gasteiger charge is -2.14. The summed E-state index contributed by atoms with van der Waals surface area (Å²) in [5, 5.41) is 2.85. The quantitative estimate of drug-likeness (QED) is 0.637. The first-order valence-electron chi connectivity index (χ1n) is 9.21. The van der Waals surface area contributed by atoms with Crippen LogP contribution in [0.1, 0.15) is 24.5 Å². The van der Waals surface area contributed by atoms with Crippen LogP contribution in [-0.2, 0) is 27.2 Å². The molecule has 0 saturated heterocycles. The van der Waals surface area contributed by atoms with Crippen LogP contribution in [0.25, 0.3) is 0 Å². The highest BCUT2D eigenvalue weighted by molar-refractivity contribution is 5.81. The summed E-state index contributed by atoms with van der Waals surface area (Å²) in [5.41, 5.74) is 1.95. The Balaban J connectivity index is 1.72. The lowest BCUT2D eigenvalue weighted by Crippen LogP contribution is -2.36. The Hall–Kier alpha value is -3.02. The fourth-order valence-corrected chi connectivity index (χ4v) is 2.77. The van der Waals surface area contributed by atoms with E-state index in [-0.39, 0.29) is 25.0 Å². The summed E-state index contributed by atoms with van der Waals surface area (Å²) in [4.78, 5) is 24.0. The van der Waals surface area contributed by atoms with Gasteiger partial charge in [-0.3, -0.25) is 9.59 Å². The minimum absolute atomic E-state index is 0.00254. The molecule has 0 saturated carbocycles. The van der Waals surface area contributed by atoms with Crippen LogP contribution in [0.2, 0.25) is 0 Å². The summed E-state index contributed by atoms with van der Waals surface area (Å²) in [7, 11) is 3.08. The zero-order valence-electron chi connectivity index (χ0n) is 16.6. The molecule has 0 fully saturated rings. The van der Waals surface area contributed by atoms with E-state index in [1.165, 1.54) is 12.7 Å². The molecule has 0 spiro atoms. The first-order valence-corrected chi connectivity index (χ1v) is 9.21. The molecule has 0 radical (unpaired) electrons. The van der Waals surface area contributed by atoms with Gasteiger partial charge in [0, 0.05) is 6.04 Å². The average molecular weight is 385 g/mol. The Labute approximate surface area is 165 Å². The van der Waals surface area contributed by atoms with Crippen molar-refractivity contribution in [1.29, 1.82) is 0 Å². The second-order valence-corrected chi connectivity index (χ2v) is 6.52. The van der Waals surface area contributed by atoms with E-state index in [4.69, 9.17) is 14.2 Å². The van der Waals surface area contributed by atoms with Crippen LogP contribution in [0.3, 0.4) is 0 Å². The Morgan fingerprint density at radius 3 is 2.36 bits per heavy atom. The van der Waals surface area contributed by atoms with E-state index in [0.717, 1.165) is 18.4 Å². The van der Waals surface area contributed by atoms with Gasteiger partial charge in [0.05, 0.1) is 20.6 Å². The van der Waals surface area contributed by atoms with Gasteiger partial charge < -0.3 is 19.5 Å². The summed E-state index contributed by atoms with van der Waals surface area (Å²) >= 11 is 0. The fraction of sp³-hybridized carbons (Fsp3) is 0.364. The first kappa shape index (κ1) is 21.3. The van der Waals surface area contributed by atoms with E-state index in [1.54, 1.807) is 25.3 Å².